The standard InChI is InChI=1S/C19H18FN3O/c1-19(2,11-13-7-9-14(20)10-8-13)23-18(24)17-12-21-15-5-3-4-6-16(15)22-17/h3-10,12H,11H2,1-2H3,(H,23,24). The van der Waals surface area contributed by atoms with E-state index in [0.717, 1.165) is 11.1 Å². The fourth-order valence-electron chi connectivity index (χ4n) is 2.59. The van der Waals surface area contributed by atoms with Crippen molar-refractivity contribution in [3.05, 3.63) is 71.8 Å². The third kappa shape index (κ3) is 3.74. The number of halogens is 1. The molecule has 5 heteroatoms. The highest BCUT2D eigenvalue weighted by molar-refractivity contribution is 5.94. The zero-order chi connectivity index (χ0) is 17.2. The summed E-state index contributed by atoms with van der Waals surface area (Å²) in [6.07, 6.45) is 2.06. The Labute approximate surface area is 139 Å². The molecule has 0 saturated carbocycles. The van der Waals surface area contributed by atoms with Gasteiger partial charge >= 0.3 is 0 Å². The van der Waals surface area contributed by atoms with Crippen LogP contribution in [0.5, 0.6) is 0 Å². The van der Waals surface area contributed by atoms with Gasteiger partial charge in [0.15, 0.2) is 0 Å². The summed E-state index contributed by atoms with van der Waals surface area (Å²) in [6, 6.07) is 13.7. The molecule has 0 atom stereocenters. The first-order valence-corrected chi connectivity index (χ1v) is 7.72. The number of amides is 1. The normalized spacial score (nSPS) is 11.5. The smallest absolute Gasteiger partial charge is 0.271 e. The van der Waals surface area contributed by atoms with Gasteiger partial charge in [-0.05, 0) is 50.1 Å². The monoisotopic (exact) mass is 323 g/mol. The van der Waals surface area contributed by atoms with Crippen LogP contribution < -0.4 is 5.32 Å². The maximum Gasteiger partial charge on any atom is 0.271 e. The van der Waals surface area contributed by atoms with Crippen LogP contribution in [0.25, 0.3) is 11.0 Å². The lowest BCUT2D eigenvalue weighted by atomic mass is 9.94. The SMILES string of the molecule is CC(C)(Cc1ccc(F)cc1)NC(=O)c1cnc2ccccc2n1. The number of nitrogens with one attached hydrogen (secondary N) is 1. The molecular formula is C19H18FN3O. The van der Waals surface area contributed by atoms with Crippen molar-refractivity contribution >= 4 is 16.9 Å². The van der Waals surface area contributed by atoms with Gasteiger partial charge in [-0.25, -0.2) is 9.37 Å². The summed E-state index contributed by atoms with van der Waals surface area (Å²) in [7, 11) is 0. The number of fused-ring (bicyclic) bond motifs is 1. The summed E-state index contributed by atoms with van der Waals surface area (Å²) in [5.41, 5.74) is 2.16. The number of aromatic nitrogens is 2. The Bertz CT molecular complexity index is 875. The van der Waals surface area contributed by atoms with Crippen molar-refractivity contribution in [3.8, 4) is 0 Å². The predicted octanol–water partition coefficient (Wildman–Crippen LogP) is 3.52. The molecule has 0 aliphatic heterocycles. The maximum atomic E-state index is 13.0. The Morgan fingerprint density at radius 1 is 1.08 bits per heavy atom. The van der Waals surface area contributed by atoms with Gasteiger partial charge in [-0.15, -0.1) is 0 Å². The van der Waals surface area contributed by atoms with Crippen molar-refractivity contribution in [1.82, 2.24) is 15.3 Å². The molecular weight excluding hydrogens is 305 g/mol. The number of nitrogens with zero attached hydrogens (tertiary/aromatic N) is 2. The Kier molecular flexibility index (Phi) is 4.25. The van der Waals surface area contributed by atoms with Gasteiger partial charge < -0.3 is 5.32 Å². The molecule has 3 aromatic rings. The molecule has 1 amide bonds. The van der Waals surface area contributed by atoms with Gasteiger partial charge in [0.05, 0.1) is 17.2 Å². The van der Waals surface area contributed by atoms with Crippen LogP contribution in [0.15, 0.2) is 54.7 Å². The molecule has 1 heterocycles. The van der Waals surface area contributed by atoms with Crippen LogP contribution in [0.3, 0.4) is 0 Å². The second-order valence-electron chi connectivity index (χ2n) is 6.39. The predicted molar refractivity (Wildman–Crippen MR) is 91.2 cm³/mol. The van der Waals surface area contributed by atoms with Crippen molar-refractivity contribution in [3.63, 3.8) is 0 Å². The fraction of sp³-hybridized carbons (Fsp3) is 0.211. The average Bonchev–Trinajstić information content (AvgIpc) is 2.56. The van der Waals surface area contributed by atoms with E-state index >= 15 is 0 Å². The molecule has 4 nitrogen and oxygen atoms in total. The van der Waals surface area contributed by atoms with Crippen LogP contribution in [0.2, 0.25) is 0 Å². The van der Waals surface area contributed by atoms with E-state index < -0.39 is 5.54 Å². The quantitative estimate of drug-likeness (QED) is 0.799. The third-order valence-corrected chi connectivity index (χ3v) is 3.69. The highest BCUT2D eigenvalue weighted by Gasteiger charge is 2.22. The Morgan fingerprint density at radius 3 is 2.46 bits per heavy atom. The molecule has 0 bridgehead atoms. The van der Waals surface area contributed by atoms with E-state index in [2.05, 4.69) is 15.3 Å². The van der Waals surface area contributed by atoms with Gasteiger partial charge in [-0.2, -0.15) is 0 Å². The summed E-state index contributed by atoms with van der Waals surface area (Å²) in [6.45, 7) is 3.84. The highest BCUT2D eigenvalue weighted by atomic mass is 19.1. The van der Waals surface area contributed by atoms with E-state index in [1.807, 2.05) is 38.1 Å². The Morgan fingerprint density at radius 2 is 1.75 bits per heavy atom. The molecule has 2 aromatic carbocycles. The molecule has 24 heavy (non-hydrogen) atoms. The molecule has 0 fully saturated rings. The minimum absolute atomic E-state index is 0.271. The van der Waals surface area contributed by atoms with Crippen LogP contribution in [0.1, 0.15) is 29.9 Å². The van der Waals surface area contributed by atoms with Crippen molar-refractivity contribution in [1.29, 1.82) is 0 Å². The number of rotatable bonds is 4. The van der Waals surface area contributed by atoms with E-state index in [-0.39, 0.29) is 17.4 Å². The molecule has 0 radical (unpaired) electrons. The molecule has 1 aromatic heterocycles. The minimum atomic E-state index is -0.498. The van der Waals surface area contributed by atoms with Crippen molar-refractivity contribution in [2.75, 3.05) is 0 Å². The number of carbonyl (C=O) groups is 1. The van der Waals surface area contributed by atoms with Gasteiger partial charge in [-0.3, -0.25) is 9.78 Å². The molecule has 0 saturated heterocycles. The van der Waals surface area contributed by atoms with E-state index in [9.17, 15) is 9.18 Å². The zero-order valence-corrected chi connectivity index (χ0v) is 13.6. The summed E-state index contributed by atoms with van der Waals surface area (Å²) >= 11 is 0. The van der Waals surface area contributed by atoms with Gasteiger partial charge in [0, 0.05) is 5.54 Å². The van der Waals surface area contributed by atoms with Gasteiger partial charge in [0.2, 0.25) is 0 Å². The summed E-state index contributed by atoms with van der Waals surface area (Å²) in [4.78, 5) is 21.1. The molecule has 3 rings (SSSR count). The molecule has 0 aliphatic carbocycles. The summed E-state index contributed by atoms with van der Waals surface area (Å²) in [5.74, 6) is -0.549. The van der Waals surface area contributed by atoms with Gasteiger partial charge in [0.25, 0.3) is 5.91 Å². The molecule has 0 aliphatic rings. The van der Waals surface area contributed by atoms with Crippen LogP contribution in [0, 0.1) is 5.82 Å². The maximum absolute atomic E-state index is 13.0. The van der Waals surface area contributed by atoms with E-state index in [4.69, 9.17) is 0 Å². The zero-order valence-electron chi connectivity index (χ0n) is 13.6. The van der Waals surface area contributed by atoms with Crippen LogP contribution in [0.4, 0.5) is 4.39 Å². The molecule has 0 unspecified atom stereocenters. The number of benzene rings is 2. The first-order chi connectivity index (χ1) is 11.4. The summed E-state index contributed by atoms with van der Waals surface area (Å²) in [5, 5.41) is 2.97. The van der Waals surface area contributed by atoms with E-state index in [0.29, 0.717) is 11.9 Å². The van der Waals surface area contributed by atoms with Crippen LogP contribution in [-0.2, 0) is 6.42 Å². The lowest BCUT2D eigenvalue weighted by molar-refractivity contribution is 0.0908. The molecule has 1 N–H and O–H groups in total. The minimum Gasteiger partial charge on any atom is -0.345 e. The lowest BCUT2D eigenvalue weighted by Gasteiger charge is -2.26. The second kappa shape index (κ2) is 6.35. The highest BCUT2D eigenvalue weighted by Crippen LogP contribution is 2.15. The van der Waals surface area contributed by atoms with Crippen molar-refractivity contribution in [2.45, 2.75) is 25.8 Å². The second-order valence-corrected chi connectivity index (χ2v) is 6.39. The number of hydrogen-bond donors (Lipinski definition) is 1. The van der Waals surface area contributed by atoms with E-state index in [1.54, 1.807) is 12.1 Å². The van der Waals surface area contributed by atoms with Crippen LogP contribution >= 0.6 is 0 Å². The van der Waals surface area contributed by atoms with E-state index in [1.165, 1.54) is 18.3 Å². The first-order valence-electron chi connectivity index (χ1n) is 7.72. The largest absolute Gasteiger partial charge is 0.345 e. The lowest BCUT2D eigenvalue weighted by Crippen LogP contribution is -2.45. The van der Waals surface area contributed by atoms with Crippen molar-refractivity contribution < 1.29 is 9.18 Å². The Hall–Kier alpha value is -2.82. The first kappa shape index (κ1) is 16.1. The Balaban J connectivity index is 1.75. The number of carbonyl (C=O) groups excluding carboxylic acids is 1. The number of para-hydroxylation sites is 2. The molecule has 122 valence electrons. The van der Waals surface area contributed by atoms with Crippen molar-refractivity contribution in [2.24, 2.45) is 0 Å². The van der Waals surface area contributed by atoms with Gasteiger partial charge in [0.1, 0.15) is 11.5 Å². The topological polar surface area (TPSA) is 54.9 Å². The number of hydrogen-bond acceptors (Lipinski definition) is 3. The van der Waals surface area contributed by atoms with Crippen LogP contribution in [-0.4, -0.2) is 21.4 Å². The average molecular weight is 323 g/mol. The fourth-order valence-corrected chi connectivity index (χ4v) is 2.59. The molecule has 0 spiro atoms. The summed E-state index contributed by atoms with van der Waals surface area (Å²) < 4.78 is 13.0. The van der Waals surface area contributed by atoms with Gasteiger partial charge in [-0.1, -0.05) is 24.3 Å². The third-order valence-electron chi connectivity index (χ3n) is 3.69.